The van der Waals surface area contributed by atoms with Gasteiger partial charge in [-0.2, -0.15) is 0 Å². The molecule has 1 aliphatic heterocycles. The second-order valence-corrected chi connectivity index (χ2v) is 6.71. The molecule has 3 unspecified atom stereocenters. The number of rotatable bonds is 3. The molecule has 1 saturated heterocycles. The van der Waals surface area contributed by atoms with Gasteiger partial charge in [0, 0.05) is 24.7 Å². The van der Waals surface area contributed by atoms with E-state index in [0.717, 1.165) is 31.7 Å². The molecule has 3 atom stereocenters. The van der Waals surface area contributed by atoms with Gasteiger partial charge in [0.15, 0.2) is 0 Å². The molecule has 2 rings (SSSR count). The molecule has 3 nitrogen and oxygen atoms in total. The van der Waals surface area contributed by atoms with Crippen LogP contribution in [0.25, 0.3) is 0 Å². The van der Waals surface area contributed by atoms with Gasteiger partial charge in [-0.25, -0.2) is 0 Å². The van der Waals surface area contributed by atoms with Crippen molar-refractivity contribution in [2.75, 3.05) is 26.2 Å². The highest BCUT2D eigenvalue weighted by Gasteiger charge is 2.37. The van der Waals surface area contributed by atoms with E-state index in [4.69, 9.17) is 4.74 Å². The maximum atomic E-state index is 5.62. The van der Waals surface area contributed by atoms with Gasteiger partial charge in [-0.15, -0.1) is 0 Å². The second-order valence-electron chi connectivity index (χ2n) is 6.71. The summed E-state index contributed by atoms with van der Waals surface area (Å²) in [6.45, 7) is 13.3. The molecule has 1 heterocycles. The van der Waals surface area contributed by atoms with E-state index in [2.05, 4.69) is 37.9 Å². The number of hydrogen-bond donors (Lipinski definition) is 1. The van der Waals surface area contributed by atoms with Crippen LogP contribution in [0.1, 0.15) is 40.5 Å². The monoisotopic (exact) mass is 240 g/mol. The number of nitrogens with zero attached hydrogens (tertiary/aromatic N) is 1. The van der Waals surface area contributed by atoms with Crippen molar-refractivity contribution in [1.29, 1.82) is 0 Å². The van der Waals surface area contributed by atoms with E-state index in [9.17, 15) is 0 Å². The average molecular weight is 240 g/mol. The van der Waals surface area contributed by atoms with Crippen LogP contribution in [0.3, 0.4) is 0 Å². The summed E-state index contributed by atoms with van der Waals surface area (Å²) in [5.41, 5.74) is 0.248. The predicted molar refractivity (Wildman–Crippen MR) is 71.3 cm³/mol. The topological polar surface area (TPSA) is 24.5 Å². The minimum atomic E-state index is 0.248. The van der Waals surface area contributed by atoms with Gasteiger partial charge in [0.05, 0.1) is 12.7 Å². The van der Waals surface area contributed by atoms with E-state index in [1.807, 2.05) is 0 Å². The van der Waals surface area contributed by atoms with Crippen LogP contribution in [-0.2, 0) is 4.74 Å². The maximum absolute atomic E-state index is 5.62. The molecule has 0 aromatic rings. The molecule has 1 N–H and O–H groups in total. The summed E-state index contributed by atoms with van der Waals surface area (Å²) in [5, 5.41) is 3.65. The van der Waals surface area contributed by atoms with Crippen LogP contribution in [0.2, 0.25) is 0 Å². The first-order chi connectivity index (χ1) is 7.96. The Morgan fingerprint density at radius 1 is 1.29 bits per heavy atom. The Kier molecular flexibility index (Phi) is 4.11. The van der Waals surface area contributed by atoms with Gasteiger partial charge in [0.1, 0.15) is 0 Å². The molecule has 1 aliphatic carbocycles. The summed E-state index contributed by atoms with van der Waals surface area (Å²) in [5.74, 6) is 0.847. The van der Waals surface area contributed by atoms with Gasteiger partial charge in [-0.1, -0.05) is 0 Å². The lowest BCUT2D eigenvalue weighted by Crippen LogP contribution is -2.56. The van der Waals surface area contributed by atoms with Crippen LogP contribution in [0, 0.1) is 5.92 Å². The Bertz CT molecular complexity index is 249. The molecule has 0 spiro atoms. The van der Waals surface area contributed by atoms with Crippen LogP contribution in [0.5, 0.6) is 0 Å². The highest BCUT2D eigenvalue weighted by molar-refractivity contribution is 4.92. The first-order valence-electron chi connectivity index (χ1n) is 7.06. The van der Waals surface area contributed by atoms with Gasteiger partial charge in [-0.05, 0) is 53.0 Å². The zero-order chi connectivity index (χ0) is 12.5. The molecule has 1 saturated carbocycles. The standard InChI is InChI=1S/C14H28N2O/c1-11-10-16(7-8-17-11)13-6-5-12(13)9-15-14(2,3)4/h11-13,15H,5-10H2,1-4H3. The zero-order valence-electron chi connectivity index (χ0n) is 11.8. The molecule has 0 radical (unpaired) electrons. The van der Waals surface area contributed by atoms with E-state index < -0.39 is 0 Å². The van der Waals surface area contributed by atoms with E-state index >= 15 is 0 Å². The van der Waals surface area contributed by atoms with Crippen molar-refractivity contribution < 1.29 is 4.74 Å². The third-order valence-electron chi connectivity index (χ3n) is 4.01. The molecule has 0 bridgehead atoms. The normalized spacial score (nSPS) is 35.6. The van der Waals surface area contributed by atoms with Crippen LogP contribution >= 0.6 is 0 Å². The maximum Gasteiger partial charge on any atom is 0.0674 e. The predicted octanol–water partition coefficient (Wildman–Crippen LogP) is 1.87. The van der Waals surface area contributed by atoms with Crippen molar-refractivity contribution in [3.63, 3.8) is 0 Å². The number of nitrogens with one attached hydrogen (secondary N) is 1. The minimum Gasteiger partial charge on any atom is -0.376 e. The van der Waals surface area contributed by atoms with Crippen molar-refractivity contribution in [3.05, 3.63) is 0 Å². The van der Waals surface area contributed by atoms with Crippen molar-refractivity contribution in [3.8, 4) is 0 Å². The van der Waals surface area contributed by atoms with Gasteiger partial charge in [-0.3, -0.25) is 4.90 Å². The van der Waals surface area contributed by atoms with Crippen LogP contribution in [-0.4, -0.2) is 48.8 Å². The molecule has 2 aliphatic rings. The summed E-state index contributed by atoms with van der Waals surface area (Å²) in [4.78, 5) is 2.65. The third kappa shape index (κ3) is 3.67. The summed E-state index contributed by atoms with van der Waals surface area (Å²) >= 11 is 0. The lowest BCUT2D eigenvalue weighted by Gasteiger charge is -2.47. The molecular weight excluding hydrogens is 212 g/mol. The van der Waals surface area contributed by atoms with Crippen LogP contribution in [0.4, 0.5) is 0 Å². The SMILES string of the molecule is CC1CN(C2CCC2CNC(C)(C)C)CCO1. The second kappa shape index (κ2) is 5.25. The minimum absolute atomic E-state index is 0.248. The van der Waals surface area contributed by atoms with E-state index in [1.165, 1.54) is 19.4 Å². The molecule has 0 aromatic heterocycles. The van der Waals surface area contributed by atoms with Crippen LogP contribution < -0.4 is 5.32 Å². The van der Waals surface area contributed by atoms with Crippen LogP contribution in [0.15, 0.2) is 0 Å². The Labute approximate surface area is 106 Å². The van der Waals surface area contributed by atoms with Crippen molar-refractivity contribution in [1.82, 2.24) is 10.2 Å². The van der Waals surface area contributed by atoms with Gasteiger partial charge < -0.3 is 10.1 Å². The quantitative estimate of drug-likeness (QED) is 0.815. The average Bonchev–Trinajstić information content (AvgIpc) is 2.14. The Morgan fingerprint density at radius 3 is 2.59 bits per heavy atom. The molecule has 2 fully saturated rings. The van der Waals surface area contributed by atoms with E-state index in [1.54, 1.807) is 0 Å². The van der Waals surface area contributed by atoms with Crippen molar-refractivity contribution in [2.45, 2.75) is 58.2 Å². The van der Waals surface area contributed by atoms with Gasteiger partial charge in [0.2, 0.25) is 0 Å². The summed E-state index contributed by atoms with van der Waals surface area (Å²) < 4.78 is 5.62. The Morgan fingerprint density at radius 2 is 2.06 bits per heavy atom. The summed E-state index contributed by atoms with van der Waals surface area (Å²) in [6, 6.07) is 0.802. The smallest absolute Gasteiger partial charge is 0.0674 e. The largest absolute Gasteiger partial charge is 0.376 e. The van der Waals surface area contributed by atoms with Gasteiger partial charge in [0.25, 0.3) is 0 Å². The fourth-order valence-electron chi connectivity index (χ4n) is 2.85. The molecule has 0 aromatic carbocycles. The summed E-state index contributed by atoms with van der Waals surface area (Å²) in [6.07, 6.45) is 3.18. The highest BCUT2D eigenvalue weighted by Crippen LogP contribution is 2.33. The molecular formula is C14H28N2O. The van der Waals surface area contributed by atoms with Gasteiger partial charge >= 0.3 is 0 Å². The summed E-state index contributed by atoms with van der Waals surface area (Å²) in [7, 11) is 0. The molecule has 100 valence electrons. The zero-order valence-corrected chi connectivity index (χ0v) is 11.8. The fourth-order valence-corrected chi connectivity index (χ4v) is 2.85. The third-order valence-corrected chi connectivity index (χ3v) is 4.01. The number of hydrogen-bond acceptors (Lipinski definition) is 3. The van der Waals surface area contributed by atoms with E-state index in [0.29, 0.717) is 6.10 Å². The number of morpholine rings is 1. The lowest BCUT2D eigenvalue weighted by molar-refractivity contribution is -0.0628. The fraction of sp³-hybridized carbons (Fsp3) is 1.00. The Balaban J connectivity index is 1.78. The lowest BCUT2D eigenvalue weighted by atomic mass is 9.77. The molecule has 3 heteroatoms. The molecule has 17 heavy (non-hydrogen) atoms. The number of ether oxygens (including phenoxy) is 1. The highest BCUT2D eigenvalue weighted by atomic mass is 16.5. The van der Waals surface area contributed by atoms with Crippen molar-refractivity contribution >= 4 is 0 Å². The first kappa shape index (κ1) is 13.3. The first-order valence-corrected chi connectivity index (χ1v) is 7.06. The molecule has 0 amide bonds. The Hall–Kier alpha value is -0.120. The van der Waals surface area contributed by atoms with E-state index in [-0.39, 0.29) is 5.54 Å². The van der Waals surface area contributed by atoms with Crippen molar-refractivity contribution in [2.24, 2.45) is 5.92 Å².